The first kappa shape index (κ1) is 20.9. The average molecular weight is 374 g/mol. The Morgan fingerprint density at radius 2 is 1.78 bits per heavy atom. The Kier molecular flexibility index (Phi) is 7.82. The third-order valence-corrected chi connectivity index (χ3v) is 4.96. The van der Waals surface area contributed by atoms with E-state index in [0.717, 1.165) is 36.3 Å². The molecule has 0 heterocycles. The summed E-state index contributed by atoms with van der Waals surface area (Å²) in [6, 6.07) is 8.56. The molecule has 0 radical (unpaired) electrons. The molecule has 148 valence electrons. The highest BCUT2D eigenvalue weighted by molar-refractivity contribution is 5.88. The summed E-state index contributed by atoms with van der Waals surface area (Å²) >= 11 is 0. The SMILES string of the molecule is CC(C)CC(C(=O)O)N(NC(=O)CCc1ccccc1)C(=O)C1CCCC1. The van der Waals surface area contributed by atoms with Gasteiger partial charge < -0.3 is 5.11 Å². The Labute approximate surface area is 160 Å². The maximum Gasteiger partial charge on any atom is 0.328 e. The first-order valence-electron chi connectivity index (χ1n) is 9.77. The molecule has 1 atom stereocenters. The number of carbonyl (C=O) groups is 3. The van der Waals surface area contributed by atoms with Crippen molar-refractivity contribution in [3.05, 3.63) is 35.9 Å². The molecule has 6 heteroatoms. The molecule has 2 N–H and O–H groups in total. The third kappa shape index (κ3) is 6.38. The Balaban J connectivity index is 2.08. The van der Waals surface area contributed by atoms with Crippen molar-refractivity contribution in [3.63, 3.8) is 0 Å². The van der Waals surface area contributed by atoms with Crippen LogP contribution in [0.3, 0.4) is 0 Å². The van der Waals surface area contributed by atoms with Crippen LogP contribution in [0.15, 0.2) is 30.3 Å². The van der Waals surface area contributed by atoms with Crippen LogP contribution in [0.2, 0.25) is 0 Å². The van der Waals surface area contributed by atoms with E-state index < -0.39 is 12.0 Å². The van der Waals surface area contributed by atoms with Gasteiger partial charge in [0.25, 0.3) is 0 Å². The van der Waals surface area contributed by atoms with E-state index in [1.807, 2.05) is 44.2 Å². The number of aryl methyl sites for hydroxylation is 1. The molecule has 6 nitrogen and oxygen atoms in total. The highest BCUT2D eigenvalue weighted by Gasteiger charge is 2.36. The molecule has 27 heavy (non-hydrogen) atoms. The normalized spacial score (nSPS) is 15.5. The van der Waals surface area contributed by atoms with Crippen molar-refractivity contribution in [2.45, 2.75) is 64.8 Å². The van der Waals surface area contributed by atoms with Crippen LogP contribution in [0.25, 0.3) is 0 Å². The summed E-state index contributed by atoms with van der Waals surface area (Å²) < 4.78 is 0. The fraction of sp³-hybridized carbons (Fsp3) is 0.571. The van der Waals surface area contributed by atoms with Crippen molar-refractivity contribution in [3.8, 4) is 0 Å². The number of carboxylic acid groups (broad SMARTS) is 1. The smallest absolute Gasteiger partial charge is 0.328 e. The monoisotopic (exact) mass is 374 g/mol. The fourth-order valence-corrected chi connectivity index (χ4v) is 3.51. The second kappa shape index (κ2) is 10.1. The van der Waals surface area contributed by atoms with Crippen LogP contribution in [-0.4, -0.2) is 33.9 Å². The molecule has 1 unspecified atom stereocenters. The molecule has 1 fully saturated rings. The fourth-order valence-electron chi connectivity index (χ4n) is 3.51. The lowest BCUT2D eigenvalue weighted by Gasteiger charge is -2.32. The number of carbonyl (C=O) groups excluding carboxylic acids is 2. The second-order valence-corrected chi connectivity index (χ2v) is 7.69. The molecule has 0 aromatic heterocycles. The van der Waals surface area contributed by atoms with Gasteiger partial charge in [-0.15, -0.1) is 0 Å². The summed E-state index contributed by atoms with van der Waals surface area (Å²) in [5.41, 5.74) is 3.64. The lowest BCUT2D eigenvalue weighted by atomic mass is 10.0. The van der Waals surface area contributed by atoms with Crippen LogP contribution in [0.1, 0.15) is 57.9 Å². The molecule has 0 bridgehead atoms. The van der Waals surface area contributed by atoms with Crippen LogP contribution in [0.5, 0.6) is 0 Å². The number of hydrazine groups is 1. The molecule has 0 spiro atoms. The van der Waals surface area contributed by atoms with E-state index in [2.05, 4.69) is 5.43 Å². The summed E-state index contributed by atoms with van der Waals surface area (Å²) in [7, 11) is 0. The zero-order valence-electron chi connectivity index (χ0n) is 16.2. The molecule has 2 amide bonds. The number of nitrogens with one attached hydrogen (secondary N) is 1. The number of amides is 2. The van der Waals surface area contributed by atoms with Gasteiger partial charge in [0.2, 0.25) is 11.8 Å². The van der Waals surface area contributed by atoms with Crippen LogP contribution in [0.4, 0.5) is 0 Å². The van der Waals surface area contributed by atoms with Gasteiger partial charge in [0.15, 0.2) is 6.04 Å². The number of benzene rings is 1. The molecule has 1 aliphatic carbocycles. The number of hydrogen-bond donors (Lipinski definition) is 2. The van der Waals surface area contributed by atoms with Crippen molar-refractivity contribution >= 4 is 17.8 Å². The quantitative estimate of drug-likeness (QED) is 0.684. The molecular weight excluding hydrogens is 344 g/mol. The molecular formula is C21H30N2O4. The zero-order chi connectivity index (χ0) is 19.8. The number of rotatable bonds is 8. The maximum absolute atomic E-state index is 12.9. The van der Waals surface area contributed by atoms with Crippen molar-refractivity contribution < 1.29 is 19.5 Å². The van der Waals surface area contributed by atoms with Gasteiger partial charge in [0.1, 0.15) is 0 Å². The summed E-state index contributed by atoms with van der Waals surface area (Å²) in [5, 5.41) is 10.8. The molecule has 1 aromatic carbocycles. The van der Waals surface area contributed by atoms with Gasteiger partial charge in [-0.05, 0) is 37.2 Å². The van der Waals surface area contributed by atoms with E-state index in [0.29, 0.717) is 12.8 Å². The summed E-state index contributed by atoms with van der Waals surface area (Å²) in [6.45, 7) is 3.82. The summed E-state index contributed by atoms with van der Waals surface area (Å²) in [4.78, 5) is 37.2. The Hall–Kier alpha value is -2.37. The number of hydrogen-bond acceptors (Lipinski definition) is 3. The maximum atomic E-state index is 12.9. The van der Waals surface area contributed by atoms with Gasteiger partial charge in [0, 0.05) is 12.3 Å². The first-order valence-corrected chi connectivity index (χ1v) is 9.77. The Bertz CT molecular complexity index is 639. The summed E-state index contributed by atoms with van der Waals surface area (Å²) in [6.07, 6.45) is 4.48. The van der Waals surface area contributed by atoms with Crippen LogP contribution in [-0.2, 0) is 20.8 Å². The molecule has 0 aliphatic heterocycles. The minimum atomic E-state index is -1.08. The summed E-state index contributed by atoms with van der Waals surface area (Å²) in [5.74, 6) is -1.80. The zero-order valence-corrected chi connectivity index (χ0v) is 16.2. The Morgan fingerprint density at radius 3 is 2.33 bits per heavy atom. The molecule has 1 aliphatic rings. The minimum Gasteiger partial charge on any atom is -0.480 e. The van der Waals surface area contributed by atoms with Gasteiger partial charge in [-0.1, -0.05) is 57.0 Å². The topological polar surface area (TPSA) is 86.7 Å². The molecule has 1 saturated carbocycles. The predicted molar refractivity (Wildman–Crippen MR) is 103 cm³/mol. The highest BCUT2D eigenvalue weighted by Crippen LogP contribution is 2.27. The number of aliphatic carboxylic acids is 1. The molecule has 2 rings (SSSR count). The highest BCUT2D eigenvalue weighted by atomic mass is 16.4. The first-order chi connectivity index (χ1) is 12.9. The lowest BCUT2D eigenvalue weighted by molar-refractivity contribution is -0.159. The predicted octanol–water partition coefficient (Wildman–Crippen LogP) is 3.17. The molecule has 1 aromatic rings. The standard InChI is InChI=1S/C21H30N2O4/c1-15(2)14-18(21(26)27)23(20(25)17-10-6-7-11-17)22-19(24)13-12-16-8-4-3-5-9-16/h3-5,8-9,15,17-18H,6-7,10-14H2,1-2H3,(H,22,24)(H,26,27). The largest absolute Gasteiger partial charge is 0.480 e. The van der Waals surface area contributed by atoms with Crippen LogP contribution < -0.4 is 5.43 Å². The van der Waals surface area contributed by atoms with Crippen molar-refractivity contribution in [1.82, 2.24) is 10.4 Å². The molecule has 0 saturated heterocycles. The van der Waals surface area contributed by atoms with Gasteiger partial charge >= 0.3 is 5.97 Å². The van der Waals surface area contributed by atoms with Crippen molar-refractivity contribution in [1.29, 1.82) is 0 Å². The van der Waals surface area contributed by atoms with E-state index in [1.165, 1.54) is 0 Å². The van der Waals surface area contributed by atoms with E-state index in [1.54, 1.807) is 0 Å². The third-order valence-electron chi connectivity index (χ3n) is 4.96. The van der Waals surface area contributed by atoms with E-state index in [9.17, 15) is 19.5 Å². The van der Waals surface area contributed by atoms with Crippen LogP contribution in [0, 0.1) is 11.8 Å². The van der Waals surface area contributed by atoms with E-state index >= 15 is 0 Å². The second-order valence-electron chi connectivity index (χ2n) is 7.69. The minimum absolute atomic E-state index is 0.0891. The van der Waals surface area contributed by atoms with Gasteiger partial charge in [-0.2, -0.15) is 0 Å². The van der Waals surface area contributed by atoms with Gasteiger partial charge in [-0.25, -0.2) is 9.80 Å². The van der Waals surface area contributed by atoms with Gasteiger partial charge in [0.05, 0.1) is 0 Å². The number of nitrogens with zero attached hydrogens (tertiary/aromatic N) is 1. The Morgan fingerprint density at radius 1 is 1.15 bits per heavy atom. The number of carboxylic acids is 1. The van der Waals surface area contributed by atoms with Crippen molar-refractivity contribution in [2.75, 3.05) is 0 Å². The van der Waals surface area contributed by atoms with Gasteiger partial charge in [-0.3, -0.25) is 15.0 Å². The van der Waals surface area contributed by atoms with E-state index in [4.69, 9.17) is 0 Å². The van der Waals surface area contributed by atoms with Crippen molar-refractivity contribution in [2.24, 2.45) is 11.8 Å². The van der Waals surface area contributed by atoms with Crippen LogP contribution >= 0.6 is 0 Å². The van der Waals surface area contributed by atoms with E-state index in [-0.39, 0.29) is 30.1 Å². The lowest BCUT2D eigenvalue weighted by Crippen LogP contribution is -2.56. The average Bonchev–Trinajstić information content (AvgIpc) is 3.17.